The van der Waals surface area contributed by atoms with E-state index in [0.717, 1.165) is 25.3 Å². The fourth-order valence-electron chi connectivity index (χ4n) is 2.10. The van der Waals surface area contributed by atoms with Crippen LogP contribution in [0.4, 0.5) is 0 Å². The molecule has 16 heavy (non-hydrogen) atoms. The lowest BCUT2D eigenvalue weighted by Gasteiger charge is -2.25. The van der Waals surface area contributed by atoms with Crippen LogP contribution in [-0.4, -0.2) is 30.4 Å². The van der Waals surface area contributed by atoms with E-state index in [-0.39, 0.29) is 0 Å². The molecule has 1 aliphatic rings. The molecule has 1 amide bonds. The van der Waals surface area contributed by atoms with Gasteiger partial charge >= 0.3 is 0 Å². The van der Waals surface area contributed by atoms with Crippen LogP contribution in [0.25, 0.3) is 0 Å². The molecule has 1 rings (SSSR count). The van der Waals surface area contributed by atoms with E-state index in [2.05, 4.69) is 13.8 Å². The van der Waals surface area contributed by atoms with Crippen molar-refractivity contribution in [2.45, 2.75) is 52.0 Å². The molecular formula is C13H26N2O. The third-order valence-electron chi connectivity index (χ3n) is 3.82. The molecule has 0 aromatic heterocycles. The first-order valence-corrected chi connectivity index (χ1v) is 6.52. The largest absolute Gasteiger partial charge is 0.343 e. The maximum absolute atomic E-state index is 11.9. The standard InChI is InChI=1S/C13H26N2O/c1-10(8-9-14)4-7-13(16)15(3)11(2)12-5-6-12/h10-12H,4-9,14H2,1-3H3. The number of rotatable bonds is 7. The third kappa shape index (κ3) is 4.12. The van der Waals surface area contributed by atoms with Gasteiger partial charge in [0.25, 0.3) is 0 Å². The number of hydrogen-bond acceptors (Lipinski definition) is 2. The molecule has 0 saturated heterocycles. The minimum atomic E-state index is 0.295. The maximum Gasteiger partial charge on any atom is 0.222 e. The monoisotopic (exact) mass is 226 g/mol. The normalized spacial score (nSPS) is 19.2. The maximum atomic E-state index is 11.9. The van der Waals surface area contributed by atoms with Crippen molar-refractivity contribution >= 4 is 5.91 Å². The molecule has 1 fully saturated rings. The number of carbonyl (C=O) groups excluding carboxylic acids is 1. The van der Waals surface area contributed by atoms with E-state index in [1.165, 1.54) is 12.8 Å². The van der Waals surface area contributed by atoms with Gasteiger partial charge in [-0.2, -0.15) is 0 Å². The Morgan fingerprint density at radius 3 is 2.50 bits per heavy atom. The first kappa shape index (κ1) is 13.5. The molecule has 94 valence electrons. The van der Waals surface area contributed by atoms with Gasteiger partial charge in [0.05, 0.1) is 0 Å². The Bertz CT molecular complexity index is 226. The minimum Gasteiger partial charge on any atom is -0.343 e. The molecular weight excluding hydrogens is 200 g/mol. The van der Waals surface area contributed by atoms with Crippen molar-refractivity contribution in [3.63, 3.8) is 0 Å². The Hall–Kier alpha value is -0.570. The smallest absolute Gasteiger partial charge is 0.222 e. The van der Waals surface area contributed by atoms with E-state index in [1.54, 1.807) is 0 Å². The summed E-state index contributed by atoms with van der Waals surface area (Å²) < 4.78 is 0. The van der Waals surface area contributed by atoms with Gasteiger partial charge in [0.15, 0.2) is 0 Å². The number of nitrogens with two attached hydrogens (primary N) is 1. The van der Waals surface area contributed by atoms with E-state index in [0.29, 0.717) is 24.3 Å². The van der Waals surface area contributed by atoms with Crippen molar-refractivity contribution < 1.29 is 4.79 Å². The van der Waals surface area contributed by atoms with Gasteiger partial charge in [-0.25, -0.2) is 0 Å². The fraction of sp³-hybridized carbons (Fsp3) is 0.923. The third-order valence-corrected chi connectivity index (χ3v) is 3.82. The molecule has 3 heteroatoms. The van der Waals surface area contributed by atoms with Crippen LogP contribution >= 0.6 is 0 Å². The highest BCUT2D eigenvalue weighted by Gasteiger charge is 2.32. The molecule has 0 aromatic carbocycles. The summed E-state index contributed by atoms with van der Waals surface area (Å²) in [7, 11) is 1.94. The van der Waals surface area contributed by atoms with Crippen LogP contribution in [0.5, 0.6) is 0 Å². The molecule has 1 aliphatic carbocycles. The highest BCUT2D eigenvalue weighted by atomic mass is 16.2. The summed E-state index contributed by atoms with van der Waals surface area (Å²) >= 11 is 0. The number of amides is 1. The van der Waals surface area contributed by atoms with E-state index < -0.39 is 0 Å². The summed E-state index contributed by atoms with van der Waals surface area (Å²) in [6.07, 6.45) is 5.26. The van der Waals surface area contributed by atoms with Gasteiger partial charge in [0.1, 0.15) is 0 Å². The summed E-state index contributed by atoms with van der Waals surface area (Å²) in [5.41, 5.74) is 5.50. The second-order valence-electron chi connectivity index (χ2n) is 5.30. The van der Waals surface area contributed by atoms with Crippen molar-refractivity contribution in [2.24, 2.45) is 17.6 Å². The van der Waals surface area contributed by atoms with Crippen molar-refractivity contribution in [2.75, 3.05) is 13.6 Å². The van der Waals surface area contributed by atoms with Gasteiger partial charge in [0.2, 0.25) is 5.91 Å². The van der Waals surface area contributed by atoms with E-state index in [9.17, 15) is 4.79 Å². The molecule has 0 aliphatic heterocycles. The molecule has 0 aromatic rings. The second-order valence-corrected chi connectivity index (χ2v) is 5.30. The zero-order valence-electron chi connectivity index (χ0n) is 10.9. The van der Waals surface area contributed by atoms with Gasteiger partial charge < -0.3 is 10.6 Å². The zero-order chi connectivity index (χ0) is 12.1. The SMILES string of the molecule is CC(CCN)CCC(=O)N(C)C(C)C1CC1. The van der Waals surface area contributed by atoms with Gasteiger partial charge in [-0.3, -0.25) is 4.79 Å². The predicted octanol–water partition coefficient (Wildman–Crippen LogP) is 2.01. The Balaban J connectivity index is 2.22. The average molecular weight is 226 g/mol. The molecule has 0 bridgehead atoms. The Labute approximate surface area is 99.4 Å². The molecule has 1 saturated carbocycles. The van der Waals surface area contributed by atoms with Crippen molar-refractivity contribution in [3.05, 3.63) is 0 Å². The lowest BCUT2D eigenvalue weighted by atomic mass is 10.0. The van der Waals surface area contributed by atoms with Crippen LogP contribution in [0, 0.1) is 11.8 Å². The molecule has 3 nitrogen and oxygen atoms in total. The summed E-state index contributed by atoms with van der Waals surface area (Å²) in [5.74, 6) is 1.62. The van der Waals surface area contributed by atoms with Gasteiger partial charge in [0, 0.05) is 19.5 Å². The van der Waals surface area contributed by atoms with Crippen LogP contribution in [-0.2, 0) is 4.79 Å². The molecule has 0 spiro atoms. The Morgan fingerprint density at radius 2 is 2.00 bits per heavy atom. The lowest BCUT2D eigenvalue weighted by molar-refractivity contribution is -0.132. The minimum absolute atomic E-state index is 0.295. The van der Waals surface area contributed by atoms with Crippen LogP contribution in [0.1, 0.15) is 46.0 Å². The molecule has 0 heterocycles. The summed E-state index contributed by atoms with van der Waals surface area (Å²) in [5, 5.41) is 0. The molecule has 2 unspecified atom stereocenters. The van der Waals surface area contributed by atoms with Crippen LogP contribution in [0.15, 0.2) is 0 Å². The lowest BCUT2D eigenvalue weighted by Crippen LogP contribution is -2.36. The topological polar surface area (TPSA) is 46.3 Å². The number of hydrogen-bond donors (Lipinski definition) is 1. The quantitative estimate of drug-likeness (QED) is 0.722. The van der Waals surface area contributed by atoms with Crippen LogP contribution in [0.2, 0.25) is 0 Å². The van der Waals surface area contributed by atoms with E-state index in [4.69, 9.17) is 5.73 Å². The van der Waals surface area contributed by atoms with Gasteiger partial charge in [-0.1, -0.05) is 6.92 Å². The molecule has 2 N–H and O–H groups in total. The average Bonchev–Trinajstić information content (AvgIpc) is 3.08. The Morgan fingerprint density at radius 1 is 1.38 bits per heavy atom. The van der Waals surface area contributed by atoms with E-state index in [1.807, 2.05) is 11.9 Å². The summed E-state index contributed by atoms with van der Waals surface area (Å²) in [4.78, 5) is 13.9. The highest BCUT2D eigenvalue weighted by Crippen LogP contribution is 2.34. The van der Waals surface area contributed by atoms with Gasteiger partial charge in [-0.05, 0) is 51.0 Å². The van der Waals surface area contributed by atoms with Crippen molar-refractivity contribution in [1.29, 1.82) is 0 Å². The summed E-state index contributed by atoms with van der Waals surface area (Å²) in [6.45, 7) is 5.06. The van der Waals surface area contributed by atoms with Crippen molar-refractivity contribution in [3.8, 4) is 0 Å². The molecule has 2 atom stereocenters. The first-order chi connectivity index (χ1) is 7.56. The van der Waals surface area contributed by atoms with Crippen LogP contribution < -0.4 is 5.73 Å². The predicted molar refractivity (Wildman–Crippen MR) is 67.0 cm³/mol. The summed E-state index contributed by atoms with van der Waals surface area (Å²) in [6, 6.07) is 0.428. The Kier molecular flexibility index (Phi) is 5.26. The molecule has 0 radical (unpaired) electrons. The van der Waals surface area contributed by atoms with E-state index >= 15 is 0 Å². The zero-order valence-corrected chi connectivity index (χ0v) is 10.9. The first-order valence-electron chi connectivity index (χ1n) is 6.52. The van der Waals surface area contributed by atoms with Gasteiger partial charge in [-0.15, -0.1) is 0 Å². The van der Waals surface area contributed by atoms with Crippen LogP contribution in [0.3, 0.4) is 0 Å². The van der Waals surface area contributed by atoms with Crippen molar-refractivity contribution in [1.82, 2.24) is 4.90 Å². The second kappa shape index (κ2) is 6.24. The number of nitrogens with zero attached hydrogens (tertiary/aromatic N) is 1. The highest BCUT2D eigenvalue weighted by molar-refractivity contribution is 5.76. The number of carbonyl (C=O) groups is 1. The fourth-order valence-corrected chi connectivity index (χ4v) is 2.10.